The first-order chi connectivity index (χ1) is 26.1. The summed E-state index contributed by atoms with van der Waals surface area (Å²) in [4.78, 5) is 57.8. The number of hydrazine groups is 1. The molecule has 3 atom stereocenters. The highest BCUT2D eigenvalue weighted by molar-refractivity contribution is 5.91. The van der Waals surface area contributed by atoms with E-state index < -0.39 is 24.1 Å². The highest BCUT2D eigenvalue weighted by Gasteiger charge is 2.51. The number of hydrogen-bond acceptors (Lipinski definition) is 9. The molecule has 5 heterocycles. The zero-order chi connectivity index (χ0) is 37.9. The summed E-state index contributed by atoms with van der Waals surface area (Å²) in [7, 11) is 0. The molecule has 4 aliphatic heterocycles. The van der Waals surface area contributed by atoms with Crippen LogP contribution >= 0.6 is 0 Å². The number of anilines is 1. The summed E-state index contributed by atoms with van der Waals surface area (Å²) in [6.07, 6.45) is 0.592. The van der Waals surface area contributed by atoms with Crippen LogP contribution in [0.4, 0.5) is 15.0 Å². The highest BCUT2D eigenvalue weighted by Crippen LogP contribution is 2.31. The number of aromatic hydroxyl groups is 1. The van der Waals surface area contributed by atoms with Gasteiger partial charge in [-0.25, -0.2) is 24.2 Å². The van der Waals surface area contributed by atoms with E-state index in [2.05, 4.69) is 40.4 Å². The number of amides is 4. The number of carbonyl (C=O) groups is 3. The zero-order valence-corrected chi connectivity index (χ0v) is 31.1. The van der Waals surface area contributed by atoms with Crippen LogP contribution in [-0.4, -0.2) is 141 Å². The summed E-state index contributed by atoms with van der Waals surface area (Å²) < 4.78 is 15.2. The lowest BCUT2D eigenvalue weighted by atomic mass is 9.98. The van der Waals surface area contributed by atoms with Gasteiger partial charge in [0.2, 0.25) is 11.8 Å². The lowest BCUT2D eigenvalue weighted by Gasteiger charge is -2.55. The van der Waals surface area contributed by atoms with Gasteiger partial charge in [0.1, 0.15) is 29.6 Å². The average molecular weight is 740 g/mol. The van der Waals surface area contributed by atoms with E-state index in [1.807, 2.05) is 48.5 Å². The molecular weight excluding hydrogens is 689 g/mol. The normalized spacial score (nSPS) is 23.0. The molecule has 286 valence electrons. The number of urea groups is 1. The number of fused-ring (bicyclic) bond motifs is 1. The standard InChI is InChI=1S/C40H50FN9O4/c1-4-16-48-27-38(52)49-35(19-30-14-15-33(51)20-34(30)41)39(53)47(26-37(49)50(48)40(54)42-21-29-10-7-6-8-11-29)23-31-12-9-13-36(43-31)46-24-32(25-46)45-18-17-44(5-2)28(3)22-45/h4,6-15,20,28,32,35,37,51H,1,5,16-19,21-27H2,2-3H3,(H,42,54)/t28-,35-,37?/m0/s1. The molecule has 54 heavy (non-hydrogen) atoms. The number of benzene rings is 2. The summed E-state index contributed by atoms with van der Waals surface area (Å²) in [6.45, 7) is 14.8. The van der Waals surface area contributed by atoms with Crippen LogP contribution < -0.4 is 10.2 Å². The fraction of sp³-hybridized carbons (Fsp3) is 0.450. The smallest absolute Gasteiger partial charge is 0.334 e. The quantitative estimate of drug-likeness (QED) is 0.287. The third kappa shape index (κ3) is 7.77. The molecule has 0 radical (unpaired) electrons. The Morgan fingerprint density at radius 1 is 1.04 bits per heavy atom. The van der Waals surface area contributed by atoms with Crippen molar-refractivity contribution in [1.29, 1.82) is 0 Å². The zero-order valence-electron chi connectivity index (χ0n) is 31.1. The predicted molar refractivity (Wildman–Crippen MR) is 202 cm³/mol. The van der Waals surface area contributed by atoms with Gasteiger partial charge in [-0.15, -0.1) is 6.58 Å². The van der Waals surface area contributed by atoms with E-state index in [-0.39, 0.29) is 62.3 Å². The molecule has 4 amide bonds. The number of rotatable bonds is 11. The number of carbonyl (C=O) groups excluding carboxylic acids is 3. The molecule has 0 spiro atoms. The minimum atomic E-state index is -1.11. The molecule has 0 saturated carbocycles. The molecule has 3 aromatic rings. The number of aromatic nitrogens is 1. The molecule has 4 aliphatic rings. The Bertz CT molecular complexity index is 1840. The van der Waals surface area contributed by atoms with Crippen LogP contribution in [0.3, 0.4) is 0 Å². The lowest BCUT2D eigenvalue weighted by molar-refractivity contribution is -0.189. The van der Waals surface area contributed by atoms with Crippen molar-refractivity contribution in [1.82, 2.24) is 39.9 Å². The first kappa shape index (κ1) is 37.3. The fourth-order valence-corrected chi connectivity index (χ4v) is 8.23. The van der Waals surface area contributed by atoms with E-state index in [0.717, 1.165) is 56.7 Å². The Hall–Kier alpha value is -5.05. The second kappa shape index (κ2) is 16.1. The van der Waals surface area contributed by atoms with E-state index >= 15 is 4.39 Å². The predicted octanol–water partition coefficient (Wildman–Crippen LogP) is 2.88. The molecular formula is C40H50FN9O4. The van der Waals surface area contributed by atoms with Crippen LogP contribution in [0.5, 0.6) is 5.75 Å². The number of hydrogen-bond donors (Lipinski definition) is 2. The maximum absolute atomic E-state index is 15.2. The molecule has 14 heteroatoms. The van der Waals surface area contributed by atoms with Gasteiger partial charge in [0.05, 0.1) is 25.3 Å². The van der Waals surface area contributed by atoms with E-state index in [9.17, 15) is 19.5 Å². The number of likely N-dealkylation sites (N-methyl/N-ethyl adjacent to an activating group) is 1. The van der Waals surface area contributed by atoms with Crippen molar-refractivity contribution in [2.24, 2.45) is 0 Å². The molecule has 4 saturated heterocycles. The van der Waals surface area contributed by atoms with Gasteiger partial charge < -0.3 is 25.1 Å². The van der Waals surface area contributed by atoms with E-state index in [4.69, 9.17) is 4.98 Å². The van der Waals surface area contributed by atoms with E-state index in [1.165, 1.54) is 22.0 Å². The summed E-state index contributed by atoms with van der Waals surface area (Å²) in [5.74, 6) is -0.816. The Balaban J connectivity index is 1.13. The van der Waals surface area contributed by atoms with Crippen LogP contribution in [0.15, 0.2) is 79.4 Å². The number of phenolic OH excluding ortho intramolecular Hbond substituents is 1. The summed E-state index contributed by atoms with van der Waals surface area (Å²) in [5, 5.41) is 16.0. The minimum absolute atomic E-state index is 0.0190. The SMILES string of the molecule is C=CCN1CC(=O)N2C(CN(Cc3cccc(N4CC(N5CCN(CC)[C@@H](C)C5)C4)n3)C(=O)[C@@H]2Cc2ccc(O)cc2F)N1C(=O)NCc1ccccc1. The van der Waals surface area contributed by atoms with Gasteiger partial charge in [-0.3, -0.25) is 19.4 Å². The largest absolute Gasteiger partial charge is 0.508 e. The average Bonchev–Trinajstić information content (AvgIpc) is 3.13. The second-order valence-corrected chi connectivity index (χ2v) is 14.6. The fourth-order valence-electron chi connectivity index (χ4n) is 8.23. The Labute approximate surface area is 316 Å². The second-order valence-electron chi connectivity index (χ2n) is 14.6. The summed E-state index contributed by atoms with van der Waals surface area (Å²) >= 11 is 0. The maximum Gasteiger partial charge on any atom is 0.334 e. The van der Waals surface area contributed by atoms with Gasteiger partial charge in [-0.1, -0.05) is 55.5 Å². The molecule has 1 unspecified atom stereocenters. The van der Waals surface area contributed by atoms with Gasteiger partial charge in [-0.2, -0.15) is 0 Å². The van der Waals surface area contributed by atoms with Gasteiger partial charge >= 0.3 is 6.03 Å². The molecule has 7 rings (SSSR count). The Morgan fingerprint density at radius 3 is 2.56 bits per heavy atom. The van der Waals surface area contributed by atoms with Crippen LogP contribution in [0, 0.1) is 5.82 Å². The Kier molecular flexibility index (Phi) is 11.1. The van der Waals surface area contributed by atoms with E-state index in [1.54, 1.807) is 16.0 Å². The molecule has 1 aromatic heterocycles. The first-order valence-electron chi connectivity index (χ1n) is 18.9. The maximum atomic E-state index is 15.2. The van der Waals surface area contributed by atoms with Gasteiger partial charge in [-0.05, 0) is 42.8 Å². The summed E-state index contributed by atoms with van der Waals surface area (Å²) in [5.41, 5.74) is 1.74. The van der Waals surface area contributed by atoms with E-state index in [0.29, 0.717) is 17.8 Å². The number of pyridine rings is 1. The first-order valence-corrected chi connectivity index (χ1v) is 18.9. The topological polar surface area (TPSA) is 119 Å². The van der Waals surface area contributed by atoms with Crippen LogP contribution in [0.25, 0.3) is 0 Å². The van der Waals surface area contributed by atoms with Crippen molar-refractivity contribution < 1.29 is 23.9 Å². The Morgan fingerprint density at radius 2 is 1.83 bits per heavy atom. The number of nitrogens with one attached hydrogen (secondary N) is 1. The molecule has 2 N–H and O–H groups in total. The van der Waals surface area contributed by atoms with Crippen LogP contribution in [0.1, 0.15) is 30.7 Å². The third-order valence-corrected chi connectivity index (χ3v) is 11.2. The molecule has 13 nitrogen and oxygen atoms in total. The van der Waals surface area contributed by atoms with Crippen molar-refractivity contribution >= 4 is 23.7 Å². The molecule has 2 aromatic carbocycles. The van der Waals surface area contributed by atoms with Gasteiger partial charge in [0, 0.05) is 70.4 Å². The number of phenols is 1. The van der Waals surface area contributed by atoms with Gasteiger partial charge in [0.15, 0.2) is 0 Å². The molecule has 0 bridgehead atoms. The van der Waals surface area contributed by atoms with Crippen molar-refractivity contribution in [2.45, 2.75) is 57.6 Å². The lowest BCUT2D eigenvalue weighted by Crippen LogP contribution is -2.76. The summed E-state index contributed by atoms with van der Waals surface area (Å²) in [6, 6.07) is 18.5. The van der Waals surface area contributed by atoms with Crippen LogP contribution in [0.2, 0.25) is 0 Å². The van der Waals surface area contributed by atoms with Crippen molar-refractivity contribution in [3.63, 3.8) is 0 Å². The number of nitrogens with zero attached hydrogens (tertiary/aromatic N) is 8. The monoisotopic (exact) mass is 739 g/mol. The minimum Gasteiger partial charge on any atom is -0.508 e. The molecule has 4 fully saturated rings. The van der Waals surface area contributed by atoms with Crippen LogP contribution in [-0.2, 0) is 29.1 Å². The highest BCUT2D eigenvalue weighted by atomic mass is 19.1. The van der Waals surface area contributed by atoms with Crippen molar-refractivity contribution in [2.75, 3.05) is 63.8 Å². The number of halogens is 1. The third-order valence-electron chi connectivity index (χ3n) is 11.2. The van der Waals surface area contributed by atoms with Crippen molar-refractivity contribution in [3.05, 3.63) is 102 Å². The molecule has 0 aliphatic carbocycles. The van der Waals surface area contributed by atoms with Crippen molar-refractivity contribution in [3.8, 4) is 5.75 Å². The van der Waals surface area contributed by atoms with Gasteiger partial charge in [0.25, 0.3) is 0 Å². The number of piperazine rings is 2.